The monoisotopic (exact) mass is 322 g/mol. The quantitative estimate of drug-likeness (QED) is 0.782. The molecule has 0 fully saturated rings. The number of carbonyl (C=O) groups is 1. The zero-order chi connectivity index (χ0) is 16.9. The molecule has 1 amide bonds. The van der Waals surface area contributed by atoms with Gasteiger partial charge >= 0.3 is 0 Å². The zero-order valence-electron chi connectivity index (χ0n) is 13.6. The Morgan fingerprint density at radius 2 is 1.92 bits per heavy atom. The number of amides is 1. The van der Waals surface area contributed by atoms with Crippen LogP contribution in [-0.2, 0) is 6.54 Å². The highest BCUT2D eigenvalue weighted by molar-refractivity contribution is 5.95. The maximum absolute atomic E-state index is 12.3. The maximum Gasteiger partial charge on any atom is 0.257 e. The highest BCUT2D eigenvalue weighted by Crippen LogP contribution is 2.16. The Morgan fingerprint density at radius 3 is 2.67 bits per heavy atom. The second-order valence-corrected chi connectivity index (χ2v) is 5.51. The van der Waals surface area contributed by atoms with Crippen LogP contribution >= 0.6 is 0 Å². The van der Waals surface area contributed by atoms with E-state index >= 15 is 0 Å². The van der Waals surface area contributed by atoms with Gasteiger partial charge in [0.05, 0.1) is 6.54 Å². The molecule has 2 aromatic carbocycles. The summed E-state index contributed by atoms with van der Waals surface area (Å²) in [6.45, 7) is 0.210. The van der Waals surface area contributed by atoms with Crippen molar-refractivity contribution in [2.45, 2.75) is 6.54 Å². The van der Waals surface area contributed by atoms with Gasteiger partial charge in [0, 0.05) is 30.9 Å². The molecule has 0 saturated carbocycles. The lowest BCUT2D eigenvalue weighted by Gasteiger charge is -2.13. The summed E-state index contributed by atoms with van der Waals surface area (Å²) in [6.07, 6.45) is 0. The molecule has 0 atom stereocenters. The van der Waals surface area contributed by atoms with Crippen LogP contribution in [-0.4, -0.2) is 30.1 Å². The number of anilines is 1. The van der Waals surface area contributed by atoms with Crippen LogP contribution in [0, 0.1) is 0 Å². The first-order valence-corrected chi connectivity index (χ1v) is 7.57. The first-order chi connectivity index (χ1) is 11.6. The Balaban J connectivity index is 1.65. The van der Waals surface area contributed by atoms with Gasteiger partial charge in [0.1, 0.15) is 0 Å². The maximum atomic E-state index is 12.3. The summed E-state index contributed by atoms with van der Waals surface area (Å²) < 4.78 is 5.22. The lowest BCUT2D eigenvalue weighted by Crippen LogP contribution is -2.23. The van der Waals surface area contributed by atoms with Crippen molar-refractivity contribution in [2.75, 3.05) is 19.0 Å². The third-order valence-corrected chi connectivity index (χ3v) is 3.52. The van der Waals surface area contributed by atoms with Gasteiger partial charge in [-0.25, -0.2) is 0 Å². The Bertz CT molecular complexity index is 828. The Morgan fingerprint density at radius 1 is 1.12 bits per heavy atom. The lowest BCUT2D eigenvalue weighted by atomic mass is 10.2. The second kappa shape index (κ2) is 6.95. The number of nitrogens with one attached hydrogen (secondary N) is 1. The van der Waals surface area contributed by atoms with Gasteiger partial charge in [-0.1, -0.05) is 29.4 Å². The van der Waals surface area contributed by atoms with E-state index in [2.05, 4.69) is 15.5 Å². The van der Waals surface area contributed by atoms with E-state index < -0.39 is 0 Å². The molecule has 6 nitrogen and oxygen atoms in total. The van der Waals surface area contributed by atoms with Crippen molar-refractivity contribution in [1.29, 1.82) is 0 Å². The van der Waals surface area contributed by atoms with Crippen LogP contribution in [0.4, 0.5) is 5.69 Å². The first-order valence-electron chi connectivity index (χ1n) is 7.57. The van der Waals surface area contributed by atoms with E-state index in [-0.39, 0.29) is 12.5 Å². The number of rotatable bonds is 5. The van der Waals surface area contributed by atoms with E-state index in [1.165, 1.54) is 0 Å². The van der Waals surface area contributed by atoms with Crippen LogP contribution in [0.15, 0.2) is 59.1 Å². The fraction of sp³-hybridized carbons (Fsp3) is 0.167. The molecule has 1 heterocycles. The molecular weight excluding hydrogens is 304 g/mol. The van der Waals surface area contributed by atoms with Crippen molar-refractivity contribution in [3.8, 4) is 11.5 Å². The minimum absolute atomic E-state index is 0.176. The fourth-order valence-electron chi connectivity index (χ4n) is 2.21. The van der Waals surface area contributed by atoms with Gasteiger partial charge in [-0.3, -0.25) is 4.79 Å². The zero-order valence-corrected chi connectivity index (χ0v) is 13.6. The standard InChI is InChI=1S/C18H18N4O2/c1-22(2)15-10-6-9-14(11-15)17(23)19-12-16-20-18(24-21-16)13-7-4-3-5-8-13/h3-11H,12H2,1-2H3,(H,19,23). The summed E-state index contributed by atoms with van der Waals surface area (Å²) >= 11 is 0. The van der Waals surface area contributed by atoms with Gasteiger partial charge in [0.2, 0.25) is 0 Å². The van der Waals surface area contributed by atoms with Crippen LogP contribution in [0.3, 0.4) is 0 Å². The molecule has 0 aliphatic heterocycles. The number of hydrogen-bond donors (Lipinski definition) is 1. The van der Waals surface area contributed by atoms with E-state index in [0.717, 1.165) is 11.3 Å². The van der Waals surface area contributed by atoms with Crippen molar-refractivity contribution in [3.63, 3.8) is 0 Å². The molecule has 0 aliphatic carbocycles. The summed E-state index contributed by atoms with van der Waals surface area (Å²) in [4.78, 5) is 18.5. The number of nitrogens with zero attached hydrogens (tertiary/aromatic N) is 3. The second-order valence-electron chi connectivity index (χ2n) is 5.51. The Kier molecular flexibility index (Phi) is 4.56. The SMILES string of the molecule is CN(C)c1cccc(C(=O)NCc2noc(-c3ccccc3)n2)c1. The van der Waals surface area contributed by atoms with Crippen LogP contribution in [0.5, 0.6) is 0 Å². The van der Waals surface area contributed by atoms with Crippen LogP contribution in [0.1, 0.15) is 16.2 Å². The number of carbonyl (C=O) groups excluding carboxylic acids is 1. The molecular formula is C18H18N4O2. The third kappa shape index (κ3) is 3.60. The van der Waals surface area contributed by atoms with Crippen molar-refractivity contribution >= 4 is 11.6 Å². The number of benzene rings is 2. The number of hydrogen-bond acceptors (Lipinski definition) is 5. The molecule has 1 N–H and O–H groups in total. The van der Waals surface area contributed by atoms with Gasteiger partial charge < -0.3 is 14.7 Å². The molecule has 3 rings (SSSR count). The average molecular weight is 322 g/mol. The summed E-state index contributed by atoms with van der Waals surface area (Å²) in [5.74, 6) is 0.699. The molecule has 122 valence electrons. The van der Waals surface area contributed by atoms with Crippen LogP contribution in [0.25, 0.3) is 11.5 Å². The average Bonchev–Trinajstić information content (AvgIpc) is 3.09. The van der Waals surface area contributed by atoms with Gasteiger partial charge in [-0.15, -0.1) is 0 Å². The van der Waals surface area contributed by atoms with Crippen molar-refractivity contribution in [3.05, 3.63) is 66.0 Å². The smallest absolute Gasteiger partial charge is 0.257 e. The summed E-state index contributed by atoms with van der Waals surface area (Å²) in [7, 11) is 3.86. The van der Waals surface area contributed by atoms with Gasteiger partial charge in [-0.05, 0) is 30.3 Å². The van der Waals surface area contributed by atoms with Crippen LogP contribution < -0.4 is 10.2 Å². The molecule has 0 spiro atoms. The van der Waals surface area contributed by atoms with E-state index in [0.29, 0.717) is 17.3 Å². The van der Waals surface area contributed by atoms with E-state index in [9.17, 15) is 4.79 Å². The summed E-state index contributed by atoms with van der Waals surface area (Å²) in [5.41, 5.74) is 2.41. The molecule has 0 aliphatic rings. The van der Waals surface area contributed by atoms with E-state index in [1.54, 1.807) is 6.07 Å². The van der Waals surface area contributed by atoms with Gasteiger partial charge in [0.25, 0.3) is 11.8 Å². The lowest BCUT2D eigenvalue weighted by molar-refractivity contribution is 0.0949. The Labute approximate surface area is 140 Å². The van der Waals surface area contributed by atoms with Crippen molar-refractivity contribution < 1.29 is 9.32 Å². The molecule has 6 heteroatoms. The van der Waals surface area contributed by atoms with Gasteiger partial charge in [-0.2, -0.15) is 4.98 Å². The van der Waals surface area contributed by atoms with E-state index in [4.69, 9.17) is 4.52 Å². The highest BCUT2D eigenvalue weighted by Gasteiger charge is 2.11. The molecule has 1 aromatic heterocycles. The minimum atomic E-state index is -0.176. The van der Waals surface area contributed by atoms with Crippen molar-refractivity contribution in [2.24, 2.45) is 0 Å². The minimum Gasteiger partial charge on any atom is -0.378 e. The summed E-state index contributed by atoms with van der Waals surface area (Å²) in [5, 5.41) is 6.70. The largest absolute Gasteiger partial charge is 0.378 e. The molecule has 3 aromatic rings. The molecule has 0 radical (unpaired) electrons. The van der Waals surface area contributed by atoms with E-state index in [1.807, 2.05) is 67.5 Å². The van der Waals surface area contributed by atoms with Gasteiger partial charge in [0.15, 0.2) is 5.82 Å². The highest BCUT2D eigenvalue weighted by atomic mass is 16.5. The summed E-state index contributed by atoms with van der Waals surface area (Å²) in [6, 6.07) is 16.9. The first kappa shape index (κ1) is 15.7. The van der Waals surface area contributed by atoms with Crippen LogP contribution in [0.2, 0.25) is 0 Å². The topological polar surface area (TPSA) is 71.3 Å². The fourth-order valence-corrected chi connectivity index (χ4v) is 2.21. The van der Waals surface area contributed by atoms with Crippen molar-refractivity contribution in [1.82, 2.24) is 15.5 Å². The molecule has 0 bridgehead atoms. The molecule has 0 saturated heterocycles. The molecule has 24 heavy (non-hydrogen) atoms. The third-order valence-electron chi connectivity index (χ3n) is 3.52. The molecule has 0 unspecified atom stereocenters. The predicted molar refractivity (Wildman–Crippen MR) is 91.7 cm³/mol. The Hall–Kier alpha value is -3.15. The predicted octanol–water partition coefficient (Wildman–Crippen LogP) is 2.73. The normalized spacial score (nSPS) is 10.4. The number of aromatic nitrogens is 2.